The Morgan fingerprint density at radius 2 is 1.85 bits per heavy atom. The van der Waals surface area contributed by atoms with Crippen molar-refractivity contribution in [2.45, 2.75) is 40.7 Å². The molecular weight excluding hydrogens is 434 g/mol. The van der Waals surface area contributed by atoms with Crippen molar-refractivity contribution in [2.75, 3.05) is 10.6 Å². The Balaban J connectivity index is 1.73. The van der Waals surface area contributed by atoms with Crippen LogP contribution in [0, 0.1) is 12.8 Å². The summed E-state index contributed by atoms with van der Waals surface area (Å²) in [5.41, 5.74) is 4.09. The summed E-state index contributed by atoms with van der Waals surface area (Å²) in [5.74, 6) is -0.463. The quantitative estimate of drug-likeness (QED) is 0.374. The van der Waals surface area contributed by atoms with Crippen LogP contribution in [0.2, 0.25) is 0 Å². The van der Waals surface area contributed by atoms with E-state index in [4.69, 9.17) is 4.98 Å². The van der Waals surface area contributed by atoms with Gasteiger partial charge in [0.05, 0.1) is 27.7 Å². The number of hydrogen-bond donors (Lipinski definition) is 2. The van der Waals surface area contributed by atoms with Crippen LogP contribution in [-0.2, 0) is 4.79 Å². The van der Waals surface area contributed by atoms with Crippen molar-refractivity contribution in [3.63, 3.8) is 0 Å². The van der Waals surface area contributed by atoms with E-state index < -0.39 is 0 Å². The molecule has 0 fully saturated rings. The lowest BCUT2D eigenvalue weighted by molar-refractivity contribution is -0.118. The highest BCUT2D eigenvalue weighted by molar-refractivity contribution is 7.13. The van der Waals surface area contributed by atoms with Gasteiger partial charge in [-0.1, -0.05) is 26.0 Å². The van der Waals surface area contributed by atoms with Gasteiger partial charge in [0.25, 0.3) is 5.91 Å². The summed E-state index contributed by atoms with van der Waals surface area (Å²) in [5, 5.41) is 13.1. The first kappa shape index (κ1) is 22.7. The summed E-state index contributed by atoms with van der Waals surface area (Å²) in [6.45, 7) is 9.66. The highest BCUT2D eigenvalue weighted by atomic mass is 32.1. The second-order valence-corrected chi connectivity index (χ2v) is 9.53. The normalized spacial score (nSPS) is 11.4. The molecule has 4 aromatic rings. The number of carbonyl (C=O) groups is 2. The van der Waals surface area contributed by atoms with Crippen molar-refractivity contribution in [1.82, 2.24) is 14.8 Å². The number of anilines is 2. The van der Waals surface area contributed by atoms with Gasteiger partial charge in [-0.05, 0) is 56.0 Å². The first-order valence-electron chi connectivity index (χ1n) is 10.9. The maximum absolute atomic E-state index is 13.5. The maximum atomic E-state index is 13.5. The zero-order valence-electron chi connectivity index (χ0n) is 19.3. The molecule has 0 aliphatic carbocycles. The zero-order chi connectivity index (χ0) is 23.7. The third-order valence-corrected chi connectivity index (χ3v) is 6.24. The number of benzene rings is 1. The first-order valence-corrected chi connectivity index (χ1v) is 11.8. The van der Waals surface area contributed by atoms with Gasteiger partial charge in [0.1, 0.15) is 0 Å². The van der Waals surface area contributed by atoms with E-state index in [9.17, 15) is 9.59 Å². The highest BCUT2D eigenvalue weighted by Crippen LogP contribution is 2.30. The third-order valence-electron chi connectivity index (χ3n) is 5.35. The van der Waals surface area contributed by atoms with Crippen LogP contribution in [0.4, 0.5) is 11.4 Å². The van der Waals surface area contributed by atoms with Gasteiger partial charge in [-0.15, -0.1) is 11.3 Å². The lowest BCUT2D eigenvalue weighted by Crippen LogP contribution is -2.18. The summed E-state index contributed by atoms with van der Waals surface area (Å²) in [6.07, 6.45) is 1.70. The molecule has 3 aromatic heterocycles. The average Bonchev–Trinajstić information content (AvgIpc) is 3.45. The van der Waals surface area contributed by atoms with Gasteiger partial charge in [-0.3, -0.25) is 9.59 Å². The summed E-state index contributed by atoms with van der Waals surface area (Å²) >= 11 is 1.57. The predicted molar refractivity (Wildman–Crippen MR) is 134 cm³/mol. The van der Waals surface area contributed by atoms with Crippen molar-refractivity contribution in [3.8, 4) is 10.6 Å². The molecule has 33 heavy (non-hydrogen) atoms. The molecule has 0 saturated carbocycles. The Kier molecular flexibility index (Phi) is 6.29. The number of amides is 2. The molecule has 8 heteroatoms. The van der Waals surface area contributed by atoms with Crippen molar-refractivity contribution >= 4 is 45.6 Å². The minimum Gasteiger partial charge on any atom is -0.326 e. The van der Waals surface area contributed by atoms with Gasteiger partial charge in [0, 0.05) is 23.3 Å². The van der Waals surface area contributed by atoms with Crippen LogP contribution in [-0.4, -0.2) is 26.6 Å². The van der Waals surface area contributed by atoms with E-state index in [1.165, 1.54) is 0 Å². The monoisotopic (exact) mass is 461 g/mol. The Morgan fingerprint density at radius 1 is 1.06 bits per heavy atom. The number of pyridine rings is 1. The summed E-state index contributed by atoms with van der Waals surface area (Å²) in [6, 6.07) is 11.4. The second-order valence-electron chi connectivity index (χ2n) is 8.58. The summed E-state index contributed by atoms with van der Waals surface area (Å²) in [7, 11) is 0. The third kappa shape index (κ3) is 4.66. The maximum Gasteiger partial charge on any atom is 0.256 e. The topological polar surface area (TPSA) is 88.9 Å². The average molecular weight is 462 g/mol. The van der Waals surface area contributed by atoms with Gasteiger partial charge in [0.2, 0.25) is 5.91 Å². The van der Waals surface area contributed by atoms with Gasteiger partial charge in [0.15, 0.2) is 5.65 Å². The minimum atomic E-state index is -0.251. The van der Waals surface area contributed by atoms with Crippen LogP contribution >= 0.6 is 11.3 Å². The molecule has 7 nitrogen and oxygen atoms in total. The fourth-order valence-corrected chi connectivity index (χ4v) is 4.13. The summed E-state index contributed by atoms with van der Waals surface area (Å²) < 4.78 is 1.83. The smallest absolute Gasteiger partial charge is 0.256 e. The van der Waals surface area contributed by atoms with E-state index in [0.717, 1.165) is 16.1 Å². The summed E-state index contributed by atoms with van der Waals surface area (Å²) in [4.78, 5) is 31.4. The number of rotatable bonds is 6. The largest absolute Gasteiger partial charge is 0.326 e. The van der Waals surface area contributed by atoms with E-state index in [1.807, 2.05) is 75.0 Å². The number of hydrogen-bond acceptors (Lipinski definition) is 5. The van der Waals surface area contributed by atoms with Crippen molar-refractivity contribution < 1.29 is 9.59 Å². The SMILES string of the molecule is Cc1ccc(NC(=O)C(C)C)cc1NC(=O)c1cc(-c2cccs2)nc2c1cnn2C(C)C. The highest BCUT2D eigenvalue weighted by Gasteiger charge is 2.20. The molecule has 0 radical (unpaired) electrons. The van der Waals surface area contributed by atoms with Crippen LogP contribution < -0.4 is 10.6 Å². The lowest BCUT2D eigenvalue weighted by atomic mass is 10.1. The van der Waals surface area contributed by atoms with Crippen LogP contribution in [0.15, 0.2) is 48.0 Å². The van der Waals surface area contributed by atoms with Crippen molar-refractivity contribution in [2.24, 2.45) is 5.92 Å². The Labute approximate surface area is 196 Å². The van der Waals surface area contributed by atoms with E-state index >= 15 is 0 Å². The molecule has 3 heterocycles. The number of fused-ring (bicyclic) bond motifs is 1. The molecular formula is C25H27N5O2S. The van der Waals surface area contributed by atoms with Crippen LogP contribution in [0.3, 0.4) is 0 Å². The molecule has 0 spiro atoms. The van der Waals surface area contributed by atoms with Gasteiger partial charge in [-0.2, -0.15) is 5.10 Å². The number of nitrogens with one attached hydrogen (secondary N) is 2. The zero-order valence-corrected chi connectivity index (χ0v) is 20.2. The molecule has 0 aliphatic rings. The number of nitrogens with zero attached hydrogens (tertiary/aromatic N) is 3. The Bertz CT molecular complexity index is 1320. The minimum absolute atomic E-state index is 0.0753. The van der Waals surface area contributed by atoms with Gasteiger partial charge >= 0.3 is 0 Å². The molecule has 0 unspecified atom stereocenters. The molecule has 2 amide bonds. The molecule has 0 saturated heterocycles. The molecule has 170 valence electrons. The predicted octanol–water partition coefficient (Wildman–Crippen LogP) is 5.90. The number of thiophene rings is 1. The van der Waals surface area contributed by atoms with E-state index in [-0.39, 0.29) is 23.8 Å². The fourth-order valence-electron chi connectivity index (χ4n) is 3.45. The Hall–Kier alpha value is -3.52. The molecule has 0 bridgehead atoms. The van der Waals surface area contributed by atoms with Crippen LogP contribution in [0.5, 0.6) is 0 Å². The van der Waals surface area contributed by atoms with Crippen molar-refractivity contribution in [1.29, 1.82) is 0 Å². The van der Waals surface area contributed by atoms with E-state index in [2.05, 4.69) is 15.7 Å². The molecule has 2 N–H and O–H groups in total. The first-order chi connectivity index (χ1) is 15.7. The van der Waals surface area contributed by atoms with E-state index in [1.54, 1.807) is 23.6 Å². The molecule has 0 atom stereocenters. The molecule has 4 rings (SSSR count). The Morgan fingerprint density at radius 3 is 2.52 bits per heavy atom. The fraction of sp³-hybridized carbons (Fsp3) is 0.280. The second kappa shape index (κ2) is 9.15. The standard InChI is InChI=1S/C25H27N5O2S/c1-14(2)24(31)27-17-9-8-16(5)20(11-17)29-25(32)18-12-21(22-7-6-10-33-22)28-23-19(18)13-26-30(23)15(3)4/h6-15H,1-5H3,(H,27,31)(H,29,32). The molecule has 1 aromatic carbocycles. The van der Waals surface area contributed by atoms with Crippen LogP contribution in [0.1, 0.15) is 49.7 Å². The molecule has 0 aliphatic heterocycles. The van der Waals surface area contributed by atoms with E-state index in [0.29, 0.717) is 28.0 Å². The number of aromatic nitrogens is 3. The van der Waals surface area contributed by atoms with Gasteiger partial charge < -0.3 is 10.6 Å². The lowest BCUT2D eigenvalue weighted by Gasteiger charge is -2.14. The van der Waals surface area contributed by atoms with Crippen LogP contribution in [0.25, 0.3) is 21.6 Å². The van der Waals surface area contributed by atoms with Gasteiger partial charge in [-0.25, -0.2) is 9.67 Å². The van der Waals surface area contributed by atoms with Crippen molar-refractivity contribution in [3.05, 3.63) is 59.1 Å². The number of carbonyl (C=O) groups excluding carboxylic acids is 2. The number of aryl methyl sites for hydroxylation is 1.